The van der Waals surface area contributed by atoms with Gasteiger partial charge in [-0.25, -0.2) is 0 Å². The minimum absolute atomic E-state index is 0.0581. The molecule has 4 heterocycles. The zero-order chi connectivity index (χ0) is 21.2. The maximum Gasteiger partial charge on any atom is 0.127 e. The van der Waals surface area contributed by atoms with Gasteiger partial charge in [0, 0.05) is 56.9 Å². The van der Waals surface area contributed by atoms with Crippen LogP contribution in [0.2, 0.25) is 0 Å². The van der Waals surface area contributed by atoms with Crippen molar-refractivity contribution in [2.75, 3.05) is 59.2 Å². The van der Waals surface area contributed by atoms with E-state index in [9.17, 15) is 0 Å². The Hall–Kier alpha value is -0.200. The molecule has 0 N–H and O–H groups in total. The number of nitrogens with zero attached hydrogens (tertiary/aromatic N) is 2. The van der Waals surface area contributed by atoms with Crippen LogP contribution in [0.1, 0.15) is 68.2 Å². The van der Waals surface area contributed by atoms with Crippen LogP contribution < -0.4 is 0 Å². The van der Waals surface area contributed by atoms with Gasteiger partial charge in [0.15, 0.2) is 0 Å². The molecule has 0 saturated carbocycles. The van der Waals surface area contributed by atoms with E-state index in [1.165, 1.54) is 25.9 Å². The second kappa shape index (κ2) is 12.5. The number of hydrogen-bond acceptors (Lipinski definition) is 5. The van der Waals surface area contributed by atoms with Gasteiger partial charge in [-0.1, -0.05) is 27.7 Å². The first kappa shape index (κ1) is 25.8. The fraction of sp³-hybridized carbons (Fsp3) is 1.00. The van der Waals surface area contributed by atoms with Crippen LogP contribution in [0.25, 0.3) is 0 Å². The standard InChI is InChI=1S/C10H19NO.C9H17NO2.2C2H6/c1-9(2)11-7-10(8-11)3-5-12-6-4-10;1-8(2)10-3-4-12-9(5-10)6-11-7-9;2*1-2/h9H,3-8H2,1-2H3;8H,3-7H2,1-2H3;2*1-2H3. The molecule has 4 aliphatic heterocycles. The molecule has 0 aromatic rings. The number of morpholine rings is 1. The van der Waals surface area contributed by atoms with Crippen LogP contribution in [0.5, 0.6) is 0 Å². The smallest absolute Gasteiger partial charge is 0.127 e. The Balaban J connectivity index is 0.000000238. The van der Waals surface area contributed by atoms with Crippen LogP contribution in [-0.2, 0) is 14.2 Å². The summed E-state index contributed by atoms with van der Waals surface area (Å²) in [6.07, 6.45) is 2.58. The molecule has 2 spiro atoms. The van der Waals surface area contributed by atoms with E-state index in [1.807, 2.05) is 27.7 Å². The summed E-state index contributed by atoms with van der Waals surface area (Å²) >= 11 is 0. The molecule has 28 heavy (non-hydrogen) atoms. The topological polar surface area (TPSA) is 34.2 Å². The van der Waals surface area contributed by atoms with Crippen LogP contribution in [-0.4, -0.2) is 86.7 Å². The molecule has 0 radical (unpaired) electrons. The molecule has 0 aromatic heterocycles. The Labute approximate surface area is 175 Å². The highest BCUT2D eigenvalue weighted by molar-refractivity contribution is 4.97. The minimum Gasteiger partial charge on any atom is -0.381 e. The SMILES string of the molecule is CC.CC.CC(C)N1CC2(CCOCC2)C1.CC(C)N1CCOC2(COC2)C1. The van der Waals surface area contributed by atoms with E-state index >= 15 is 0 Å². The van der Waals surface area contributed by atoms with E-state index in [0.717, 1.165) is 52.2 Å². The fourth-order valence-electron chi connectivity index (χ4n) is 4.12. The third-order valence-electron chi connectivity index (χ3n) is 6.10. The molecule has 0 aromatic carbocycles. The maximum atomic E-state index is 5.72. The predicted octanol–water partition coefficient (Wildman–Crippen LogP) is 4.06. The largest absolute Gasteiger partial charge is 0.381 e. The highest BCUT2D eigenvalue weighted by Crippen LogP contribution is 2.40. The molecule has 0 unspecified atom stereocenters. The first-order valence-corrected chi connectivity index (χ1v) is 11.7. The molecule has 5 nitrogen and oxygen atoms in total. The second-order valence-corrected chi connectivity index (χ2v) is 8.70. The number of ether oxygens (including phenoxy) is 3. The van der Waals surface area contributed by atoms with Gasteiger partial charge in [0.05, 0.1) is 19.8 Å². The van der Waals surface area contributed by atoms with Crippen molar-refractivity contribution in [3.63, 3.8) is 0 Å². The predicted molar refractivity (Wildman–Crippen MR) is 118 cm³/mol. The Kier molecular flexibility index (Phi) is 11.5. The maximum absolute atomic E-state index is 5.72. The molecule has 0 amide bonds. The summed E-state index contributed by atoms with van der Waals surface area (Å²) in [6, 6.07) is 1.37. The third kappa shape index (κ3) is 6.94. The van der Waals surface area contributed by atoms with E-state index in [0.29, 0.717) is 11.5 Å². The summed E-state index contributed by atoms with van der Waals surface area (Å²) in [5, 5.41) is 0. The van der Waals surface area contributed by atoms with Gasteiger partial charge in [0.25, 0.3) is 0 Å². The molecule has 4 saturated heterocycles. The lowest BCUT2D eigenvalue weighted by molar-refractivity contribution is -0.240. The minimum atomic E-state index is 0.0581. The number of likely N-dealkylation sites (tertiary alicyclic amines) is 1. The second-order valence-electron chi connectivity index (χ2n) is 8.70. The van der Waals surface area contributed by atoms with Crippen LogP contribution in [0.15, 0.2) is 0 Å². The van der Waals surface area contributed by atoms with E-state index in [4.69, 9.17) is 14.2 Å². The van der Waals surface area contributed by atoms with Crippen molar-refractivity contribution in [1.29, 1.82) is 0 Å². The highest BCUT2D eigenvalue weighted by atomic mass is 16.6. The summed E-state index contributed by atoms with van der Waals surface area (Å²) < 4.78 is 16.3. The van der Waals surface area contributed by atoms with Crippen LogP contribution in [0, 0.1) is 5.41 Å². The molecule has 4 aliphatic rings. The molecule has 4 rings (SSSR count). The Morgan fingerprint density at radius 1 is 0.679 bits per heavy atom. The van der Waals surface area contributed by atoms with Gasteiger partial charge < -0.3 is 14.2 Å². The Morgan fingerprint density at radius 2 is 1.21 bits per heavy atom. The van der Waals surface area contributed by atoms with E-state index in [2.05, 4.69) is 37.5 Å². The van der Waals surface area contributed by atoms with Crippen molar-refractivity contribution in [2.45, 2.75) is 85.9 Å². The Bertz CT molecular complexity index is 397. The summed E-state index contributed by atoms with van der Waals surface area (Å²) in [5.74, 6) is 0. The zero-order valence-electron chi connectivity index (χ0n) is 20.1. The Morgan fingerprint density at radius 3 is 1.64 bits per heavy atom. The van der Waals surface area contributed by atoms with Crippen molar-refractivity contribution < 1.29 is 14.2 Å². The third-order valence-corrected chi connectivity index (χ3v) is 6.10. The molecule has 5 heteroatoms. The monoisotopic (exact) mass is 400 g/mol. The first-order chi connectivity index (χ1) is 13.4. The first-order valence-electron chi connectivity index (χ1n) is 11.7. The van der Waals surface area contributed by atoms with Gasteiger partial charge in [-0.15, -0.1) is 0 Å². The number of hydrogen-bond donors (Lipinski definition) is 0. The summed E-state index contributed by atoms with van der Waals surface area (Å²) in [6.45, 7) is 26.2. The van der Waals surface area contributed by atoms with Crippen molar-refractivity contribution in [1.82, 2.24) is 9.80 Å². The van der Waals surface area contributed by atoms with Crippen molar-refractivity contribution in [3.8, 4) is 0 Å². The van der Waals surface area contributed by atoms with Gasteiger partial charge in [0.1, 0.15) is 5.60 Å². The van der Waals surface area contributed by atoms with E-state index < -0.39 is 0 Å². The van der Waals surface area contributed by atoms with E-state index in [-0.39, 0.29) is 5.60 Å². The normalized spacial score (nSPS) is 25.5. The molecule has 0 atom stereocenters. The summed E-state index contributed by atoms with van der Waals surface area (Å²) in [7, 11) is 0. The molecule has 168 valence electrons. The molecule has 4 fully saturated rings. The van der Waals surface area contributed by atoms with Crippen LogP contribution >= 0.6 is 0 Å². The molecular formula is C23H48N2O3. The average molecular weight is 401 g/mol. The van der Waals surface area contributed by atoms with Gasteiger partial charge in [-0.05, 0) is 40.5 Å². The van der Waals surface area contributed by atoms with Gasteiger partial charge >= 0.3 is 0 Å². The zero-order valence-corrected chi connectivity index (χ0v) is 20.1. The van der Waals surface area contributed by atoms with Gasteiger partial charge in [-0.2, -0.15) is 0 Å². The molecule has 0 bridgehead atoms. The van der Waals surface area contributed by atoms with Crippen LogP contribution in [0.3, 0.4) is 0 Å². The lowest BCUT2D eigenvalue weighted by Gasteiger charge is -2.54. The summed E-state index contributed by atoms with van der Waals surface area (Å²) in [5.41, 5.74) is 0.713. The summed E-state index contributed by atoms with van der Waals surface area (Å²) in [4.78, 5) is 5.03. The van der Waals surface area contributed by atoms with Crippen molar-refractivity contribution in [3.05, 3.63) is 0 Å². The fourth-order valence-corrected chi connectivity index (χ4v) is 4.12. The van der Waals surface area contributed by atoms with E-state index in [1.54, 1.807) is 0 Å². The lowest BCUT2D eigenvalue weighted by Crippen LogP contribution is -2.63. The molecular weight excluding hydrogens is 352 g/mol. The van der Waals surface area contributed by atoms with Crippen molar-refractivity contribution >= 4 is 0 Å². The van der Waals surface area contributed by atoms with Gasteiger partial charge in [-0.3, -0.25) is 9.80 Å². The highest BCUT2D eigenvalue weighted by Gasteiger charge is 2.45. The number of rotatable bonds is 2. The lowest BCUT2D eigenvalue weighted by atomic mass is 9.73. The van der Waals surface area contributed by atoms with Gasteiger partial charge in [0.2, 0.25) is 0 Å². The van der Waals surface area contributed by atoms with Crippen molar-refractivity contribution in [2.24, 2.45) is 5.41 Å². The molecule has 0 aliphatic carbocycles. The van der Waals surface area contributed by atoms with Crippen LogP contribution in [0.4, 0.5) is 0 Å². The quantitative estimate of drug-likeness (QED) is 0.698. The average Bonchev–Trinajstić information content (AvgIpc) is 2.69.